The van der Waals surface area contributed by atoms with Gasteiger partial charge < -0.3 is 10.1 Å². The fourth-order valence-corrected chi connectivity index (χ4v) is 2.54. The molecule has 0 spiro atoms. The average Bonchev–Trinajstić information content (AvgIpc) is 2.17. The van der Waals surface area contributed by atoms with Gasteiger partial charge in [0, 0.05) is 13.0 Å². The molecule has 1 aliphatic rings. The van der Waals surface area contributed by atoms with Crippen LogP contribution in [-0.4, -0.2) is 24.2 Å². The third-order valence-electron chi connectivity index (χ3n) is 3.11. The summed E-state index contributed by atoms with van der Waals surface area (Å²) in [6.07, 6.45) is 7.15. The van der Waals surface area contributed by atoms with E-state index in [1.54, 1.807) is 6.92 Å². The van der Waals surface area contributed by atoms with Crippen molar-refractivity contribution >= 4 is 5.91 Å². The monoisotopic (exact) mass is 227 g/mol. The third kappa shape index (κ3) is 4.52. The van der Waals surface area contributed by atoms with Crippen LogP contribution in [0.25, 0.3) is 0 Å². The molecule has 0 aromatic rings. The molecule has 1 fully saturated rings. The molecule has 1 N–H and O–H groups in total. The summed E-state index contributed by atoms with van der Waals surface area (Å²) in [6.45, 7) is 5.96. The van der Waals surface area contributed by atoms with Gasteiger partial charge in [0.2, 0.25) is 5.91 Å². The van der Waals surface area contributed by atoms with Gasteiger partial charge in [-0.25, -0.2) is 0 Å². The fraction of sp³-hybridized carbons (Fsp3) is 0.923. The van der Waals surface area contributed by atoms with Crippen molar-refractivity contribution in [2.45, 2.75) is 77.5 Å². The molecule has 0 aromatic heterocycles. The Bertz CT molecular complexity index is 204. The van der Waals surface area contributed by atoms with Gasteiger partial charge in [0.1, 0.15) is 0 Å². The molecule has 2 unspecified atom stereocenters. The summed E-state index contributed by atoms with van der Waals surface area (Å²) in [5, 5.41) is 3.04. The molecule has 16 heavy (non-hydrogen) atoms. The molecule has 0 radical (unpaired) electrons. The van der Waals surface area contributed by atoms with Gasteiger partial charge in [0.05, 0.1) is 12.2 Å². The maximum Gasteiger partial charge on any atom is 0.217 e. The summed E-state index contributed by atoms with van der Waals surface area (Å²) < 4.78 is 6.03. The Morgan fingerprint density at radius 1 is 1.19 bits per heavy atom. The molecule has 1 heterocycles. The molecule has 3 heteroatoms. The SMILES string of the molecule is CCCC1CC(NC(C)=O)C[C@H](CCC)O1. The smallest absolute Gasteiger partial charge is 0.217 e. The molecule has 1 amide bonds. The van der Waals surface area contributed by atoms with Crippen molar-refractivity contribution in [2.75, 3.05) is 0 Å². The highest BCUT2D eigenvalue weighted by Gasteiger charge is 2.28. The number of hydrogen-bond acceptors (Lipinski definition) is 2. The summed E-state index contributed by atoms with van der Waals surface area (Å²) >= 11 is 0. The Labute approximate surface area is 98.9 Å². The molecular formula is C13H25NO2. The zero-order valence-electron chi connectivity index (χ0n) is 10.8. The molecule has 1 rings (SSSR count). The maximum absolute atomic E-state index is 11.1. The highest BCUT2D eigenvalue weighted by Crippen LogP contribution is 2.25. The summed E-state index contributed by atoms with van der Waals surface area (Å²) in [4.78, 5) is 11.1. The lowest BCUT2D eigenvalue weighted by molar-refractivity contribution is -0.122. The van der Waals surface area contributed by atoms with E-state index in [-0.39, 0.29) is 5.91 Å². The summed E-state index contributed by atoms with van der Waals surface area (Å²) in [5.41, 5.74) is 0. The minimum Gasteiger partial charge on any atom is -0.375 e. The lowest BCUT2D eigenvalue weighted by Gasteiger charge is -2.35. The van der Waals surface area contributed by atoms with Crippen LogP contribution in [0.5, 0.6) is 0 Å². The van der Waals surface area contributed by atoms with Crippen molar-refractivity contribution in [1.29, 1.82) is 0 Å². The number of carbonyl (C=O) groups is 1. The topological polar surface area (TPSA) is 38.3 Å². The van der Waals surface area contributed by atoms with Gasteiger partial charge in [-0.2, -0.15) is 0 Å². The second-order valence-corrected chi connectivity index (χ2v) is 4.83. The Morgan fingerprint density at radius 3 is 2.06 bits per heavy atom. The van der Waals surface area contributed by atoms with Gasteiger partial charge in [0.25, 0.3) is 0 Å². The van der Waals surface area contributed by atoms with Crippen molar-refractivity contribution < 1.29 is 9.53 Å². The van der Waals surface area contributed by atoms with Crippen LogP contribution in [0.4, 0.5) is 0 Å². The van der Waals surface area contributed by atoms with E-state index in [1.807, 2.05) is 0 Å². The van der Waals surface area contributed by atoms with Crippen LogP contribution in [0.1, 0.15) is 59.3 Å². The van der Waals surface area contributed by atoms with E-state index >= 15 is 0 Å². The normalized spacial score (nSPS) is 30.1. The van der Waals surface area contributed by atoms with Gasteiger partial charge in [-0.05, 0) is 25.7 Å². The van der Waals surface area contributed by atoms with E-state index in [9.17, 15) is 4.79 Å². The Kier molecular flexibility index (Phi) is 5.81. The van der Waals surface area contributed by atoms with E-state index in [4.69, 9.17) is 4.74 Å². The second kappa shape index (κ2) is 6.89. The first kappa shape index (κ1) is 13.5. The Hall–Kier alpha value is -0.570. The molecule has 0 aromatic carbocycles. The van der Waals surface area contributed by atoms with Crippen molar-refractivity contribution in [2.24, 2.45) is 0 Å². The van der Waals surface area contributed by atoms with Gasteiger partial charge in [-0.15, -0.1) is 0 Å². The molecule has 1 saturated heterocycles. The quantitative estimate of drug-likeness (QED) is 0.784. The van der Waals surface area contributed by atoms with Crippen molar-refractivity contribution in [3.63, 3.8) is 0 Å². The number of hydrogen-bond donors (Lipinski definition) is 1. The summed E-state index contributed by atoms with van der Waals surface area (Å²) in [6, 6.07) is 0.319. The predicted molar refractivity (Wildman–Crippen MR) is 65.3 cm³/mol. The van der Waals surface area contributed by atoms with Crippen LogP contribution in [0.15, 0.2) is 0 Å². The standard InChI is InChI=1S/C13H25NO2/c1-4-6-12-8-11(14-10(3)15)9-13(16-12)7-5-2/h11-13H,4-9H2,1-3H3,(H,14,15)/t11?,12-,13?/m0/s1. The molecule has 3 nitrogen and oxygen atoms in total. The zero-order valence-corrected chi connectivity index (χ0v) is 10.8. The van der Waals surface area contributed by atoms with Crippen LogP contribution < -0.4 is 5.32 Å². The number of carbonyl (C=O) groups excluding carboxylic acids is 1. The first-order valence-electron chi connectivity index (χ1n) is 6.58. The number of nitrogens with one attached hydrogen (secondary N) is 1. The molecule has 0 aliphatic carbocycles. The van der Waals surface area contributed by atoms with E-state index in [0.717, 1.165) is 38.5 Å². The summed E-state index contributed by atoms with van der Waals surface area (Å²) in [7, 11) is 0. The predicted octanol–water partition coefficient (Wildman–Crippen LogP) is 2.64. The molecule has 1 aliphatic heterocycles. The van der Waals surface area contributed by atoms with E-state index in [2.05, 4.69) is 19.2 Å². The lowest BCUT2D eigenvalue weighted by atomic mass is 9.94. The molecular weight excluding hydrogens is 202 g/mol. The third-order valence-corrected chi connectivity index (χ3v) is 3.11. The first-order chi connectivity index (χ1) is 7.65. The molecule has 0 saturated carbocycles. The molecule has 94 valence electrons. The maximum atomic E-state index is 11.1. The number of ether oxygens (including phenoxy) is 1. The van der Waals surface area contributed by atoms with Crippen LogP contribution in [0, 0.1) is 0 Å². The number of amides is 1. The van der Waals surface area contributed by atoms with Gasteiger partial charge >= 0.3 is 0 Å². The van der Waals surface area contributed by atoms with Crippen LogP contribution in [-0.2, 0) is 9.53 Å². The fourth-order valence-electron chi connectivity index (χ4n) is 2.54. The van der Waals surface area contributed by atoms with Crippen molar-refractivity contribution in [3.05, 3.63) is 0 Å². The van der Waals surface area contributed by atoms with E-state index in [0.29, 0.717) is 18.2 Å². The molecule has 3 atom stereocenters. The van der Waals surface area contributed by atoms with Gasteiger partial charge in [-0.1, -0.05) is 26.7 Å². The molecule has 0 bridgehead atoms. The summed E-state index contributed by atoms with van der Waals surface area (Å²) in [5.74, 6) is 0.0809. The Morgan fingerprint density at radius 2 is 1.69 bits per heavy atom. The van der Waals surface area contributed by atoms with Crippen molar-refractivity contribution in [1.82, 2.24) is 5.32 Å². The highest BCUT2D eigenvalue weighted by molar-refractivity contribution is 5.73. The van der Waals surface area contributed by atoms with Crippen LogP contribution >= 0.6 is 0 Å². The largest absolute Gasteiger partial charge is 0.375 e. The van der Waals surface area contributed by atoms with Crippen LogP contribution in [0.2, 0.25) is 0 Å². The number of rotatable bonds is 5. The minimum absolute atomic E-state index is 0.0809. The first-order valence-corrected chi connectivity index (χ1v) is 6.58. The van der Waals surface area contributed by atoms with Gasteiger partial charge in [0.15, 0.2) is 0 Å². The Balaban J connectivity index is 2.48. The van der Waals surface area contributed by atoms with Crippen LogP contribution in [0.3, 0.4) is 0 Å². The highest BCUT2D eigenvalue weighted by atomic mass is 16.5. The lowest BCUT2D eigenvalue weighted by Crippen LogP contribution is -2.44. The van der Waals surface area contributed by atoms with Crippen molar-refractivity contribution in [3.8, 4) is 0 Å². The van der Waals surface area contributed by atoms with E-state index < -0.39 is 0 Å². The second-order valence-electron chi connectivity index (χ2n) is 4.83. The average molecular weight is 227 g/mol. The zero-order chi connectivity index (χ0) is 12.0. The van der Waals surface area contributed by atoms with Gasteiger partial charge in [-0.3, -0.25) is 4.79 Å². The minimum atomic E-state index is 0.0809. The van der Waals surface area contributed by atoms with E-state index in [1.165, 1.54) is 0 Å².